The Hall–Kier alpha value is -1.60. The number of morpholine rings is 1. The minimum Gasteiger partial charge on any atom is -0.379 e. The second kappa shape index (κ2) is 8.67. The Kier molecular flexibility index (Phi) is 6.31. The predicted molar refractivity (Wildman–Crippen MR) is 97.5 cm³/mol. The van der Waals surface area contributed by atoms with Crippen molar-refractivity contribution in [2.75, 3.05) is 46.9 Å². The Morgan fingerprint density at radius 3 is 2.72 bits per heavy atom. The molecule has 2 heterocycles. The molecule has 0 unspecified atom stereocenters. The highest BCUT2D eigenvalue weighted by atomic mass is 16.5. The highest BCUT2D eigenvalue weighted by Gasteiger charge is 2.38. The molecule has 0 aromatic carbocycles. The average Bonchev–Trinajstić information content (AvgIpc) is 3.17. The number of nitrogens with zero attached hydrogens (tertiary/aromatic N) is 4. The van der Waals surface area contributed by atoms with E-state index < -0.39 is 0 Å². The minimum atomic E-state index is 0.229. The molecular formula is C18H31N5O2. The summed E-state index contributed by atoms with van der Waals surface area (Å²) in [6, 6.07) is 1.89. The molecule has 2 fully saturated rings. The summed E-state index contributed by atoms with van der Waals surface area (Å²) in [5, 5.41) is 7.61. The molecule has 1 N–H and O–H groups in total. The maximum atomic E-state index is 5.57. The zero-order valence-corrected chi connectivity index (χ0v) is 15.5. The Labute approximate surface area is 150 Å². The fraction of sp³-hybridized carbons (Fsp3) is 0.778. The standard InChI is InChI=1S/C18H31N5O2/c1-19-17(22(2)14-16-6-11-25-21-16)20-15-18(7-4-3-5-8-18)23-9-12-24-13-10-23/h6,11H,3-5,7-10,12-15H2,1-2H3,(H,19,20). The van der Waals surface area contributed by atoms with Crippen LogP contribution >= 0.6 is 0 Å². The summed E-state index contributed by atoms with van der Waals surface area (Å²) in [5.74, 6) is 0.904. The largest absolute Gasteiger partial charge is 0.379 e. The van der Waals surface area contributed by atoms with Crippen LogP contribution in [0.5, 0.6) is 0 Å². The van der Waals surface area contributed by atoms with Crippen molar-refractivity contribution < 1.29 is 9.26 Å². The normalized spacial score (nSPS) is 21.9. The molecule has 1 saturated carbocycles. The van der Waals surface area contributed by atoms with E-state index in [2.05, 4.69) is 25.3 Å². The second-order valence-corrected chi connectivity index (χ2v) is 7.13. The molecule has 1 aliphatic carbocycles. The van der Waals surface area contributed by atoms with Crippen LogP contribution in [0.4, 0.5) is 0 Å². The molecule has 0 bridgehead atoms. The van der Waals surface area contributed by atoms with Crippen LogP contribution in [0.3, 0.4) is 0 Å². The Morgan fingerprint density at radius 2 is 2.08 bits per heavy atom. The number of aromatic nitrogens is 1. The zero-order valence-electron chi connectivity index (χ0n) is 15.5. The van der Waals surface area contributed by atoms with Gasteiger partial charge >= 0.3 is 0 Å². The van der Waals surface area contributed by atoms with E-state index in [1.165, 1.54) is 32.1 Å². The third kappa shape index (κ3) is 4.52. The van der Waals surface area contributed by atoms with Crippen LogP contribution in [0, 0.1) is 0 Å². The van der Waals surface area contributed by atoms with E-state index >= 15 is 0 Å². The first kappa shape index (κ1) is 18.2. The van der Waals surface area contributed by atoms with Crippen LogP contribution in [0.15, 0.2) is 21.8 Å². The van der Waals surface area contributed by atoms with E-state index in [9.17, 15) is 0 Å². The number of ether oxygens (including phenoxy) is 1. The highest BCUT2D eigenvalue weighted by molar-refractivity contribution is 5.79. The maximum absolute atomic E-state index is 5.57. The first-order valence-electron chi connectivity index (χ1n) is 9.37. The van der Waals surface area contributed by atoms with E-state index in [-0.39, 0.29) is 5.54 Å². The van der Waals surface area contributed by atoms with Crippen LogP contribution in [0.1, 0.15) is 37.8 Å². The second-order valence-electron chi connectivity index (χ2n) is 7.13. The van der Waals surface area contributed by atoms with Gasteiger partial charge in [-0.15, -0.1) is 0 Å². The molecule has 1 aromatic heterocycles. The van der Waals surface area contributed by atoms with Gasteiger partial charge in [-0.2, -0.15) is 0 Å². The van der Waals surface area contributed by atoms with Crippen LogP contribution in [0.25, 0.3) is 0 Å². The number of hydrogen-bond acceptors (Lipinski definition) is 5. The first-order valence-corrected chi connectivity index (χ1v) is 9.37. The Morgan fingerprint density at radius 1 is 1.32 bits per heavy atom. The SMILES string of the molecule is CN=C(NCC1(N2CCOCC2)CCCCC1)N(C)Cc1ccon1. The Balaban J connectivity index is 1.62. The fourth-order valence-electron chi connectivity index (χ4n) is 4.12. The van der Waals surface area contributed by atoms with Gasteiger partial charge in [-0.05, 0) is 12.8 Å². The molecule has 140 valence electrons. The van der Waals surface area contributed by atoms with Crippen molar-refractivity contribution in [1.29, 1.82) is 0 Å². The number of aliphatic imine (C=N–C) groups is 1. The van der Waals surface area contributed by atoms with Gasteiger partial charge in [0.15, 0.2) is 5.96 Å². The van der Waals surface area contributed by atoms with Gasteiger partial charge in [-0.1, -0.05) is 24.4 Å². The van der Waals surface area contributed by atoms with E-state index in [1.807, 2.05) is 20.2 Å². The summed E-state index contributed by atoms with van der Waals surface area (Å²) in [7, 11) is 3.87. The van der Waals surface area contributed by atoms with Gasteiger partial charge in [0, 0.05) is 45.3 Å². The molecule has 25 heavy (non-hydrogen) atoms. The number of nitrogens with one attached hydrogen (secondary N) is 1. The zero-order chi connectivity index (χ0) is 17.5. The van der Waals surface area contributed by atoms with Crippen molar-refractivity contribution in [2.24, 2.45) is 4.99 Å². The average molecular weight is 349 g/mol. The van der Waals surface area contributed by atoms with Crippen molar-refractivity contribution in [1.82, 2.24) is 20.3 Å². The van der Waals surface area contributed by atoms with Crippen molar-refractivity contribution >= 4 is 5.96 Å². The van der Waals surface area contributed by atoms with Gasteiger partial charge in [0.1, 0.15) is 12.0 Å². The van der Waals surface area contributed by atoms with Crippen LogP contribution in [0.2, 0.25) is 0 Å². The van der Waals surface area contributed by atoms with Gasteiger partial charge in [0.05, 0.1) is 19.8 Å². The molecule has 1 saturated heterocycles. The lowest BCUT2D eigenvalue weighted by Gasteiger charge is -2.48. The molecule has 7 heteroatoms. The smallest absolute Gasteiger partial charge is 0.193 e. The summed E-state index contributed by atoms with van der Waals surface area (Å²) < 4.78 is 10.5. The summed E-state index contributed by atoms with van der Waals surface area (Å²) in [6.45, 7) is 5.39. The van der Waals surface area contributed by atoms with Crippen molar-refractivity contribution in [3.63, 3.8) is 0 Å². The van der Waals surface area contributed by atoms with Gasteiger partial charge < -0.3 is 19.5 Å². The van der Waals surface area contributed by atoms with Gasteiger partial charge in [-0.3, -0.25) is 9.89 Å². The quantitative estimate of drug-likeness (QED) is 0.645. The fourth-order valence-corrected chi connectivity index (χ4v) is 4.12. The predicted octanol–water partition coefficient (Wildman–Crippen LogP) is 1.72. The summed E-state index contributed by atoms with van der Waals surface area (Å²) in [4.78, 5) is 9.20. The summed E-state index contributed by atoms with van der Waals surface area (Å²) in [5.41, 5.74) is 1.14. The third-order valence-corrected chi connectivity index (χ3v) is 5.51. The Bertz CT molecular complexity index is 534. The lowest BCUT2D eigenvalue weighted by atomic mass is 9.80. The van der Waals surface area contributed by atoms with E-state index in [1.54, 1.807) is 6.26 Å². The lowest BCUT2D eigenvalue weighted by Crippen LogP contribution is -2.60. The molecule has 3 rings (SSSR count). The lowest BCUT2D eigenvalue weighted by molar-refractivity contribution is -0.0354. The van der Waals surface area contributed by atoms with E-state index in [0.717, 1.165) is 44.5 Å². The topological polar surface area (TPSA) is 66.1 Å². The molecule has 0 radical (unpaired) electrons. The molecule has 0 atom stereocenters. The molecule has 7 nitrogen and oxygen atoms in total. The van der Waals surface area contributed by atoms with Gasteiger partial charge in [-0.25, -0.2) is 0 Å². The van der Waals surface area contributed by atoms with Crippen molar-refractivity contribution in [3.8, 4) is 0 Å². The molecule has 0 spiro atoms. The molecule has 0 amide bonds. The monoisotopic (exact) mass is 349 g/mol. The highest BCUT2D eigenvalue weighted by Crippen LogP contribution is 2.33. The van der Waals surface area contributed by atoms with E-state index in [4.69, 9.17) is 9.26 Å². The number of rotatable bonds is 5. The molecule has 1 aliphatic heterocycles. The first-order chi connectivity index (χ1) is 12.2. The molecule has 2 aliphatic rings. The minimum absolute atomic E-state index is 0.229. The summed E-state index contributed by atoms with van der Waals surface area (Å²) >= 11 is 0. The van der Waals surface area contributed by atoms with E-state index in [0.29, 0.717) is 6.54 Å². The summed E-state index contributed by atoms with van der Waals surface area (Å²) in [6.07, 6.45) is 8.09. The van der Waals surface area contributed by atoms with Crippen LogP contribution < -0.4 is 5.32 Å². The van der Waals surface area contributed by atoms with Crippen LogP contribution in [-0.4, -0.2) is 73.4 Å². The van der Waals surface area contributed by atoms with Crippen LogP contribution in [-0.2, 0) is 11.3 Å². The number of hydrogen-bond donors (Lipinski definition) is 1. The van der Waals surface area contributed by atoms with Crippen molar-refractivity contribution in [2.45, 2.75) is 44.2 Å². The van der Waals surface area contributed by atoms with Crippen molar-refractivity contribution in [3.05, 3.63) is 18.0 Å². The molecular weight excluding hydrogens is 318 g/mol. The maximum Gasteiger partial charge on any atom is 0.193 e. The van der Waals surface area contributed by atoms with Gasteiger partial charge in [0.25, 0.3) is 0 Å². The third-order valence-electron chi connectivity index (χ3n) is 5.51. The molecule has 1 aromatic rings. The van der Waals surface area contributed by atoms with Gasteiger partial charge in [0.2, 0.25) is 0 Å². The number of guanidine groups is 1.